The fraction of sp³-hybridized carbons (Fsp3) is 1.00. The van der Waals surface area contributed by atoms with Crippen LogP contribution in [0.2, 0.25) is 0 Å². The molecule has 0 aliphatic carbocycles. The van der Waals surface area contributed by atoms with E-state index in [1.54, 1.807) is 0 Å². The summed E-state index contributed by atoms with van der Waals surface area (Å²) >= 11 is 0. The van der Waals surface area contributed by atoms with Gasteiger partial charge in [-0.1, -0.05) is 13.8 Å². The second-order valence-corrected chi connectivity index (χ2v) is 2.24. The Hall–Kier alpha value is -0.220. The van der Waals surface area contributed by atoms with Crippen LogP contribution in [0.1, 0.15) is 20.3 Å². The SMILES string of the molecule is CC.OC1CCNCC1(F)F. The molecule has 1 fully saturated rings. The van der Waals surface area contributed by atoms with E-state index in [0.29, 0.717) is 6.54 Å². The van der Waals surface area contributed by atoms with Crippen LogP contribution in [-0.4, -0.2) is 30.2 Å². The Morgan fingerprint density at radius 1 is 1.45 bits per heavy atom. The van der Waals surface area contributed by atoms with Crippen LogP contribution in [0.15, 0.2) is 0 Å². The van der Waals surface area contributed by atoms with Crippen LogP contribution in [0.25, 0.3) is 0 Å². The maximum absolute atomic E-state index is 12.3. The first-order valence-electron chi connectivity index (χ1n) is 3.89. The highest BCUT2D eigenvalue weighted by Crippen LogP contribution is 2.22. The fourth-order valence-corrected chi connectivity index (χ4v) is 0.823. The zero-order valence-corrected chi connectivity index (χ0v) is 6.90. The van der Waals surface area contributed by atoms with Crippen LogP contribution < -0.4 is 5.32 Å². The van der Waals surface area contributed by atoms with Crippen molar-refractivity contribution < 1.29 is 13.9 Å². The molecule has 1 aliphatic rings. The lowest BCUT2D eigenvalue weighted by Crippen LogP contribution is -2.49. The van der Waals surface area contributed by atoms with Gasteiger partial charge in [-0.05, 0) is 13.0 Å². The van der Waals surface area contributed by atoms with E-state index in [0.717, 1.165) is 0 Å². The highest BCUT2D eigenvalue weighted by molar-refractivity contribution is 4.83. The van der Waals surface area contributed by atoms with Crippen molar-refractivity contribution in [2.24, 2.45) is 0 Å². The first kappa shape index (κ1) is 10.8. The molecule has 68 valence electrons. The van der Waals surface area contributed by atoms with Gasteiger partial charge in [0.15, 0.2) is 0 Å². The van der Waals surface area contributed by atoms with Gasteiger partial charge in [0, 0.05) is 0 Å². The summed E-state index contributed by atoms with van der Waals surface area (Å²) in [5.41, 5.74) is 0. The molecule has 11 heavy (non-hydrogen) atoms. The van der Waals surface area contributed by atoms with Crippen molar-refractivity contribution in [1.82, 2.24) is 5.32 Å². The Balaban J connectivity index is 0.000000461. The number of alkyl halides is 2. The Bertz CT molecular complexity index is 109. The Morgan fingerprint density at radius 2 is 2.00 bits per heavy atom. The van der Waals surface area contributed by atoms with Crippen molar-refractivity contribution in [3.8, 4) is 0 Å². The lowest BCUT2D eigenvalue weighted by molar-refractivity contribution is -0.120. The average Bonchev–Trinajstić information content (AvgIpc) is 2.00. The molecule has 2 N–H and O–H groups in total. The van der Waals surface area contributed by atoms with Gasteiger partial charge in [0.2, 0.25) is 0 Å². The molecule has 1 heterocycles. The van der Waals surface area contributed by atoms with Crippen LogP contribution in [0.5, 0.6) is 0 Å². The highest BCUT2D eigenvalue weighted by Gasteiger charge is 2.39. The third kappa shape index (κ3) is 3.12. The molecule has 0 bridgehead atoms. The van der Waals surface area contributed by atoms with Gasteiger partial charge in [0.05, 0.1) is 6.54 Å². The van der Waals surface area contributed by atoms with Crippen molar-refractivity contribution >= 4 is 0 Å². The number of aliphatic hydroxyl groups is 1. The summed E-state index contributed by atoms with van der Waals surface area (Å²) in [7, 11) is 0. The summed E-state index contributed by atoms with van der Waals surface area (Å²) < 4.78 is 24.6. The summed E-state index contributed by atoms with van der Waals surface area (Å²) in [6, 6.07) is 0. The first-order chi connectivity index (χ1) is 5.13. The van der Waals surface area contributed by atoms with Crippen LogP contribution in [0, 0.1) is 0 Å². The van der Waals surface area contributed by atoms with Gasteiger partial charge in [-0.3, -0.25) is 0 Å². The van der Waals surface area contributed by atoms with Crippen LogP contribution in [0.4, 0.5) is 8.78 Å². The van der Waals surface area contributed by atoms with E-state index in [1.165, 1.54) is 0 Å². The molecule has 2 nitrogen and oxygen atoms in total. The van der Waals surface area contributed by atoms with Crippen molar-refractivity contribution in [3.05, 3.63) is 0 Å². The monoisotopic (exact) mass is 167 g/mol. The summed E-state index contributed by atoms with van der Waals surface area (Å²) in [5.74, 6) is -2.92. The molecule has 0 aromatic carbocycles. The Morgan fingerprint density at radius 3 is 2.27 bits per heavy atom. The standard InChI is InChI=1S/C5H9F2NO.C2H6/c6-5(7)3-8-2-1-4(5)9;1-2/h4,8-9H,1-3H2;1-2H3. The second kappa shape index (κ2) is 4.62. The van der Waals surface area contributed by atoms with Gasteiger partial charge in [0.1, 0.15) is 6.10 Å². The predicted molar refractivity (Wildman–Crippen MR) is 39.8 cm³/mol. The fourth-order valence-electron chi connectivity index (χ4n) is 0.823. The van der Waals surface area contributed by atoms with Gasteiger partial charge in [-0.25, -0.2) is 8.78 Å². The van der Waals surface area contributed by atoms with Gasteiger partial charge in [-0.15, -0.1) is 0 Å². The van der Waals surface area contributed by atoms with E-state index < -0.39 is 18.6 Å². The van der Waals surface area contributed by atoms with Crippen molar-refractivity contribution in [2.75, 3.05) is 13.1 Å². The molecular weight excluding hydrogens is 152 g/mol. The maximum atomic E-state index is 12.3. The van der Waals surface area contributed by atoms with Gasteiger partial charge in [0.25, 0.3) is 5.92 Å². The minimum atomic E-state index is -2.92. The molecule has 1 aliphatic heterocycles. The number of piperidine rings is 1. The second-order valence-electron chi connectivity index (χ2n) is 2.24. The molecule has 1 saturated heterocycles. The van der Waals surface area contributed by atoms with E-state index >= 15 is 0 Å². The smallest absolute Gasteiger partial charge is 0.285 e. The van der Waals surface area contributed by atoms with Crippen molar-refractivity contribution in [1.29, 1.82) is 0 Å². The van der Waals surface area contributed by atoms with Gasteiger partial charge >= 0.3 is 0 Å². The molecule has 0 radical (unpaired) electrons. The van der Waals surface area contributed by atoms with Gasteiger partial charge in [-0.2, -0.15) is 0 Å². The van der Waals surface area contributed by atoms with E-state index in [4.69, 9.17) is 5.11 Å². The quantitative estimate of drug-likeness (QED) is 0.564. The molecule has 0 amide bonds. The number of rotatable bonds is 0. The van der Waals surface area contributed by atoms with Gasteiger partial charge < -0.3 is 10.4 Å². The number of aliphatic hydroxyl groups excluding tert-OH is 1. The van der Waals surface area contributed by atoms with Crippen molar-refractivity contribution in [2.45, 2.75) is 32.3 Å². The van der Waals surface area contributed by atoms with Crippen LogP contribution >= 0.6 is 0 Å². The molecule has 0 aromatic rings. The van der Waals surface area contributed by atoms with E-state index in [-0.39, 0.29) is 6.42 Å². The topological polar surface area (TPSA) is 32.3 Å². The maximum Gasteiger partial charge on any atom is 0.285 e. The first-order valence-corrected chi connectivity index (χ1v) is 3.89. The van der Waals surface area contributed by atoms with E-state index in [2.05, 4.69) is 5.32 Å². The lowest BCUT2D eigenvalue weighted by Gasteiger charge is -2.27. The van der Waals surface area contributed by atoms with E-state index in [9.17, 15) is 8.78 Å². The molecule has 1 atom stereocenters. The summed E-state index contributed by atoms with van der Waals surface area (Å²) in [6.45, 7) is 4.09. The summed E-state index contributed by atoms with van der Waals surface area (Å²) in [6.07, 6.45) is -1.30. The Labute approximate surface area is 65.6 Å². The molecule has 0 saturated carbocycles. The van der Waals surface area contributed by atoms with Crippen LogP contribution in [0.3, 0.4) is 0 Å². The molecule has 0 spiro atoms. The zero-order valence-electron chi connectivity index (χ0n) is 6.90. The molecule has 1 rings (SSSR count). The third-order valence-corrected chi connectivity index (χ3v) is 1.44. The number of hydrogen-bond acceptors (Lipinski definition) is 2. The number of hydrogen-bond donors (Lipinski definition) is 2. The highest BCUT2D eigenvalue weighted by atomic mass is 19.3. The molecular formula is C7H15F2NO. The number of halogens is 2. The molecule has 4 heteroatoms. The number of nitrogens with one attached hydrogen (secondary N) is 1. The summed E-state index contributed by atoms with van der Waals surface area (Å²) in [4.78, 5) is 0. The lowest BCUT2D eigenvalue weighted by atomic mass is 10.1. The Kier molecular flexibility index (Phi) is 4.52. The van der Waals surface area contributed by atoms with Crippen LogP contribution in [-0.2, 0) is 0 Å². The minimum Gasteiger partial charge on any atom is -0.387 e. The average molecular weight is 167 g/mol. The van der Waals surface area contributed by atoms with E-state index in [1.807, 2.05) is 13.8 Å². The molecule has 0 aromatic heterocycles. The normalized spacial score (nSPS) is 28.6. The third-order valence-electron chi connectivity index (χ3n) is 1.44. The summed E-state index contributed by atoms with van der Waals surface area (Å²) in [5, 5.41) is 11.1. The molecule has 1 unspecified atom stereocenters. The zero-order chi connectivity index (χ0) is 8.91. The largest absolute Gasteiger partial charge is 0.387 e. The predicted octanol–water partition coefficient (Wildman–Crippen LogP) is 1.00. The minimum absolute atomic E-state index is 0.146. The van der Waals surface area contributed by atoms with Crippen molar-refractivity contribution in [3.63, 3.8) is 0 Å².